The van der Waals surface area contributed by atoms with Crippen LogP contribution in [0.1, 0.15) is 39.3 Å². The first kappa shape index (κ1) is 20.4. The average Bonchev–Trinajstić information content (AvgIpc) is 3.32. The van der Waals surface area contributed by atoms with Crippen molar-refractivity contribution in [3.63, 3.8) is 0 Å². The standard InChI is InChI=1S/C21H17BrN4O3S/c22-13-6-7-15-16(10-13)21(29)26(20(15)28)9-3-5-18(27)24-11-14-12-30-19(25-14)17-4-1-2-8-23-17/h1-2,4,6-8,10,12H,3,5,9,11H2,(H,24,27). The Morgan fingerprint density at radius 2 is 1.97 bits per heavy atom. The Kier molecular flexibility index (Phi) is 6.01. The van der Waals surface area contributed by atoms with E-state index in [1.807, 2.05) is 23.6 Å². The third-order valence-corrected chi connectivity index (χ3v) is 6.03. The van der Waals surface area contributed by atoms with Gasteiger partial charge in [-0.15, -0.1) is 11.3 Å². The van der Waals surface area contributed by atoms with Crippen LogP contribution < -0.4 is 5.32 Å². The van der Waals surface area contributed by atoms with Gasteiger partial charge in [-0.2, -0.15) is 0 Å². The van der Waals surface area contributed by atoms with Crippen LogP contribution in [0.25, 0.3) is 10.7 Å². The highest BCUT2D eigenvalue weighted by Gasteiger charge is 2.35. The highest BCUT2D eigenvalue weighted by atomic mass is 79.9. The summed E-state index contributed by atoms with van der Waals surface area (Å²) in [4.78, 5) is 46.9. The number of rotatable bonds is 7. The summed E-state index contributed by atoms with van der Waals surface area (Å²) in [5, 5.41) is 5.52. The molecule has 0 unspecified atom stereocenters. The molecule has 1 N–H and O–H groups in total. The van der Waals surface area contributed by atoms with Gasteiger partial charge in [0.1, 0.15) is 5.01 Å². The summed E-state index contributed by atoms with van der Waals surface area (Å²) in [7, 11) is 0. The van der Waals surface area contributed by atoms with Crippen LogP contribution in [-0.2, 0) is 11.3 Å². The number of benzene rings is 1. The van der Waals surface area contributed by atoms with Crippen molar-refractivity contribution in [2.75, 3.05) is 6.54 Å². The first-order valence-corrected chi connectivity index (χ1v) is 11.0. The fourth-order valence-corrected chi connectivity index (χ4v) is 4.29. The summed E-state index contributed by atoms with van der Waals surface area (Å²) >= 11 is 4.79. The predicted molar refractivity (Wildman–Crippen MR) is 116 cm³/mol. The Morgan fingerprint density at radius 3 is 2.77 bits per heavy atom. The van der Waals surface area contributed by atoms with Gasteiger partial charge in [0.25, 0.3) is 11.8 Å². The van der Waals surface area contributed by atoms with E-state index >= 15 is 0 Å². The number of fused-ring (bicyclic) bond motifs is 1. The van der Waals surface area contributed by atoms with Crippen LogP contribution in [0.3, 0.4) is 0 Å². The first-order chi connectivity index (χ1) is 14.5. The molecule has 0 spiro atoms. The van der Waals surface area contributed by atoms with Crippen molar-refractivity contribution in [3.05, 3.63) is 69.3 Å². The molecule has 0 fully saturated rings. The number of nitrogens with one attached hydrogen (secondary N) is 1. The van der Waals surface area contributed by atoms with Gasteiger partial charge in [0.05, 0.1) is 29.1 Å². The molecule has 1 aliphatic rings. The van der Waals surface area contributed by atoms with Crippen molar-refractivity contribution in [2.24, 2.45) is 0 Å². The van der Waals surface area contributed by atoms with Crippen molar-refractivity contribution in [3.8, 4) is 10.7 Å². The number of thiazole rings is 1. The summed E-state index contributed by atoms with van der Waals surface area (Å²) in [5.41, 5.74) is 2.36. The lowest BCUT2D eigenvalue weighted by molar-refractivity contribution is -0.121. The maximum Gasteiger partial charge on any atom is 0.261 e. The highest BCUT2D eigenvalue weighted by molar-refractivity contribution is 9.10. The number of carbonyl (C=O) groups excluding carboxylic acids is 3. The van der Waals surface area contributed by atoms with Crippen LogP contribution in [0.4, 0.5) is 0 Å². The molecule has 0 atom stereocenters. The minimum atomic E-state index is -0.318. The Balaban J connectivity index is 1.25. The summed E-state index contributed by atoms with van der Waals surface area (Å²) < 4.78 is 0.747. The molecule has 0 saturated heterocycles. The van der Waals surface area contributed by atoms with E-state index in [1.54, 1.807) is 24.4 Å². The van der Waals surface area contributed by atoms with Crippen LogP contribution in [0, 0.1) is 0 Å². The van der Waals surface area contributed by atoms with E-state index in [0.717, 1.165) is 20.9 Å². The smallest absolute Gasteiger partial charge is 0.261 e. The quantitative estimate of drug-likeness (QED) is 0.516. The van der Waals surface area contributed by atoms with Crippen molar-refractivity contribution in [1.29, 1.82) is 0 Å². The van der Waals surface area contributed by atoms with Gasteiger partial charge >= 0.3 is 0 Å². The maximum absolute atomic E-state index is 12.4. The van der Waals surface area contributed by atoms with Gasteiger partial charge in [0.2, 0.25) is 5.91 Å². The molecule has 4 rings (SSSR count). The number of hydrogen-bond acceptors (Lipinski definition) is 6. The van der Waals surface area contributed by atoms with E-state index in [4.69, 9.17) is 0 Å². The average molecular weight is 485 g/mol. The molecule has 0 radical (unpaired) electrons. The molecule has 0 bridgehead atoms. The van der Waals surface area contributed by atoms with E-state index < -0.39 is 0 Å². The summed E-state index contributed by atoms with van der Waals surface area (Å²) in [5.74, 6) is -0.782. The molecule has 30 heavy (non-hydrogen) atoms. The lowest BCUT2D eigenvalue weighted by Gasteiger charge is -2.13. The molecular weight excluding hydrogens is 468 g/mol. The van der Waals surface area contributed by atoms with Crippen LogP contribution in [0.15, 0.2) is 52.4 Å². The summed E-state index contributed by atoms with van der Waals surface area (Å²) in [6.07, 6.45) is 2.33. The molecule has 1 aromatic carbocycles. The van der Waals surface area contributed by atoms with Crippen LogP contribution in [-0.4, -0.2) is 39.1 Å². The number of halogens is 1. The molecule has 3 amide bonds. The SMILES string of the molecule is O=C(CCCN1C(=O)c2ccc(Br)cc2C1=O)NCc1csc(-c2ccccn2)n1. The molecule has 0 saturated carbocycles. The molecule has 0 aliphatic carbocycles. The minimum Gasteiger partial charge on any atom is -0.350 e. The van der Waals surface area contributed by atoms with Gasteiger partial charge in [0, 0.05) is 29.0 Å². The lowest BCUT2D eigenvalue weighted by Crippen LogP contribution is -2.32. The summed E-state index contributed by atoms with van der Waals surface area (Å²) in [6.45, 7) is 0.529. The van der Waals surface area contributed by atoms with E-state index in [1.165, 1.54) is 16.2 Å². The predicted octanol–water partition coefficient (Wildman–Crippen LogP) is 3.66. The van der Waals surface area contributed by atoms with Crippen molar-refractivity contribution in [1.82, 2.24) is 20.2 Å². The van der Waals surface area contributed by atoms with E-state index in [9.17, 15) is 14.4 Å². The molecular formula is C21H17BrN4O3S. The molecule has 2 aromatic heterocycles. The van der Waals surface area contributed by atoms with Gasteiger partial charge in [0.15, 0.2) is 0 Å². The Morgan fingerprint density at radius 1 is 1.13 bits per heavy atom. The zero-order chi connectivity index (χ0) is 21.1. The summed E-state index contributed by atoms with van der Waals surface area (Å²) in [6, 6.07) is 10.7. The molecule has 3 heterocycles. The van der Waals surface area contributed by atoms with E-state index in [2.05, 4.69) is 31.2 Å². The normalized spacial score (nSPS) is 12.9. The number of hydrogen-bond donors (Lipinski definition) is 1. The van der Waals surface area contributed by atoms with E-state index in [-0.39, 0.29) is 30.7 Å². The monoisotopic (exact) mass is 484 g/mol. The molecule has 3 aromatic rings. The highest BCUT2D eigenvalue weighted by Crippen LogP contribution is 2.26. The number of nitrogens with zero attached hydrogens (tertiary/aromatic N) is 3. The van der Waals surface area contributed by atoms with Gasteiger partial charge in [-0.1, -0.05) is 22.0 Å². The van der Waals surface area contributed by atoms with Gasteiger partial charge in [-0.05, 0) is 36.8 Å². The van der Waals surface area contributed by atoms with Crippen molar-refractivity contribution < 1.29 is 14.4 Å². The number of imide groups is 1. The number of aromatic nitrogens is 2. The Bertz CT molecular complexity index is 1120. The van der Waals surface area contributed by atoms with Gasteiger partial charge in [-0.25, -0.2) is 4.98 Å². The Labute approximate surface area is 185 Å². The third-order valence-electron chi connectivity index (χ3n) is 4.62. The van der Waals surface area contributed by atoms with Crippen LogP contribution in [0.5, 0.6) is 0 Å². The molecule has 9 heteroatoms. The van der Waals surface area contributed by atoms with Gasteiger partial charge in [-0.3, -0.25) is 24.3 Å². The van der Waals surface area contributed by atoms with Gasteiger partial charge < -0.3 is 5.32 Å². The Hall–Kier alpha value is -2.91. The van der Waals surface area contributed by atoms with Crippen LogP contribution in [0.2, 0.25) is 0 Å². The fourth-order valence-electron chi connectivity index (χ4n) is 3.14. The minimum absolute atomic E-state index is 0.151. The number of pyridine rings is 1. The molecule has 1 aliphatic heterocycles. The number of carbonyl (C=O) groups is 3. The zero-order valence-electron chi connectivity index (χ0n) is 15.8. The zero-order valence-corrected chi connectivity index (χ0v) is 18.2. The van der Waals surface area contributed by atoms with Crippen molar-refractivity contribution in [2.45, 2.75) is 19.4 Å². The number of amides is 3. The second kappa shape index (κ2) is 8.85. The van der Waals surface area contributed by atoms with Crippen molar-refractivity contribution >= 4 is 45.0 Å². The third kappa shape index (κ3) is 4.31. The second-order valence-electron chi connectivity index (χ2n) is 6.69. The maximum atomic E-state index is 12.4. The first-order valence-electron chi connectivity index (χ1n) is 9.31. The largest absolute Gasteiger partial charge is 0.350 e. The van der Waals surface area contributed by atoms with Crippen LogP contribution >= 0.6 is 27.3 Å². The fraction of sp³-hybridized carbons (Fsp3) is 0.190. The topological polar surface area (TPSA) is 92.3 Å². The lowest BCUT2D eigenvalue weighted by atomic mass is 10.1. The van der Waals surface area contributed by atoms with E-state index in [0.29, 0.717) is 24.1 Å². The second-order valence-corrected chi connectivity index (χ2v) is 8.46. The molecule has 7 nitrogen and oxygen atoms in total. The molecule has 152 valence electrons.